The highest BCUT2D eigenvalue weighted by Gasteiger charge is 2.33. The van der Waals surface area contributed by atoms with Crippen molar-refractivity contribution in [3.63, 3.8) is 0 Å². The van der Waals surface area contributed by atoms with E-state index in [1.165, 1.54) is 12.1 Å². The number of rotatable bonds is 3. The Labute approximate surface area is 109 Å². The van der Waals surface area contributed by atoms with Crippen molar-refractivity contribution >= 4 is 0 Å². The van der Waals surface area contributed by atoms with Gasteiger partial charge in [-0.15, -0.1) is 0 Å². The molecule has 2 rings (SSSR count). The minimum absolute atomic E-state index is 0.203. The third-order valence-electron chi connectivity index (χ3n) is 2.93. The Balaban J connectivity index is 2.42. The van der Waals surface area contributed by atoms with Crippen LogP contribution < -0.4 is 5.73 Å². The summed E-state index contributed by atoms with van der Waals surface area (Å²) in [6.07, 6.45) is -3.62. The van der Waals surface area contributed by atoms with E-state index < -0.39 is 11.7 Å². The van der Waals surface area contributed by atoms with Gasteiger partial charge in [0.2, 0.25) is 0 Å². The van der Waals surface area contributed by atoms with Gasteiger partial charge in [-0.05, 0) is 35.7 Å². The molecule has 0 amide bonds. The molecule has 100 valence electrons. The van der Waals surface area contributed by atoms with Crippen LogP contribution in [0.15, 0.2) is 48.5 Å². The van der Waals surface area contributed by atoms with Gasteiger partial charge >= 0.3 is 6.18 Å². The summed E-state index contributed by atoms with van der Waals surface area (Å²) < 4.78 is 38.8. The molecule has 0 aliphatic rings. The van der Waals surface area contributed by atoms with Gasteiger partial charge in [0.1, 0.15) is 0 Å². The minimum atomic E-state index is -4.34. The molecule has 0 unspecified atom stereocenters. The first-order chi connectivity index (χ1) is 9.02. The molecular formula is C15H14F3N. The van der Waals surface area contributed by atoms with Crippen LogP contribution in [-0.4, -0.2) is 6.54 Å². The number of nitrogens with two attached hydrogens (primary N) is 1. The number of hydrogen-bond donors (Lipinski definition) is 1. The summed E-state index contributed by atoms with van der Waals surface area (Å²) in [6, 6.07) is 12.6. The first-order valence-electron chi connectivity index (χ1n) is 5.98. The molecule has 0 aliphatic carbocycles. The van der Waals surface area contributed by atoms with E-state index in [2.05, 4.69) is 0 Å². The predicted octanol–water partition coefficient (Wildman–Crippen LogP) is 3.87. The summed E-state index contributed by atoms with van der Waals surface area (Å²) >= 11 is 0. The minimum Gasteiger partial charge on any atom is -0.330 e. The van der Waals surface area contributed by atoms with E-state index in [9.17, 15) is 13.2 Å². The highest BCUT2D eigenvalue weighted by Crippen LogP contribution is 2.36. The quantitative estimate of drug-likeness (QED) is 0.895. The fourth-order valence-corrected chi connectivity index (χ4v) is 2.00. The number of benzene rings is 2. The SMILES string of the molecule is NCCc1ccc(-c2ccccc2C(F)(F)F)cc1. The first kappa shape index (κ1) is 13.6. The predicted molar refractivity (Wildman–Crippen MR) is 69.6 cm³/mol. The fraction of sp³-hybridized carbons (Fsp3) is 0.200. The van der Waals surface area contributed by atoms with Crippen molar-refractivity contribution in [2.45, 2.75) is 12.6 Å². The third kappa shape index (κ3) is 3.15. The van der Waals surface area contributed by atoms with Crippen LogP contribution in [0, 0.1) is 0 Å². The number of hydrogen-bond acceptors (Lipinski definition) is 1. The number of halogens is 3. The van der Waals surface area contributed by atoms with Crippen LogP contribution in [-0.2, 0) is 12.6 Å². The maximum atomic E-state index is 12.9. The van der Waals surface area contributed by atoms with E-state index in [1.54, 1.807) is 18.2 Å². The van der Waals surface area contributed by atoms with Crippen molar-refractivity contribution in [2.24, 2.45) is 5.73 Å². The molecule has 0 aliphatic heterocycles. The van der Waals surface area contributed by atoms with Gasteiger partial charge < -0.3 is 5.73 Å². The first-order valence-corrected chi connectivity index (χ1v) is 5.98. The second-order valence-electron chi connectivity index (χ2n) is 4.28. The van der Waals surface area contributed by atoms with Crippen LogP contribution >= 0.6 is 0 Å². The van der Waals surface area contributed by atoms with Gasteiger partial charge in [0.25, 0.3) is 0 Å². The van der Waals surface area contributed by atoms with Gasteiger partial charge in [-0.2, -0.15) is 13.2 Å². The van der Waals surface area contributed by atoms with E-state index in [1.807, 2.05) is 12.1 Å². The third-order valence-corrected chi connectivity index (χ3v) is 2.93. The fourth-order valence-electron chi connectivity index (χ4n) is 2.00. The summed E-state index contributed by atoms with van der Waals surface area (Å²) in [5, 5.41) is 0. The van der Waals surface area contributed by atoms with Crippen molar-refractivity contribution in [1.29, 1.82) is 0 Å². The van der Waals surface area contributed by atoms with Gasteiger partial charge in [-0.25, -0.2) is 0 Å². The molecule has 0 bridgehead atoms. The zero-order chi connectivity index (χ0) is 13.9. The number of alkyl halides is 3. The van der Waals surface area contributed by atoms with Gasteiger partial charge in [0.15, 0.2) is 0 Å². The molecule has 0 saturated carbocycles. The van der Waals surface area contributed by atoms with Crippen molar-refractivity contribution in [3.05, 3.63) is 59.7 Å². The highest BCUT2D eigenvalue weighted by molar-refractivity contribution is 5.68. The van der Waals surface area contributed by atoms with Crippen molar-refractivity contribution in [1.82, 2.24) is 0 Å². The molecule has 0 saturated heterocycles. The largest absolute Gasteiger partial charge is 0.417 e. The second-order valence-corrected chi connectivity index (χ2v) is 4.28. The standard InChI is InChI=1S/C15H14F3N/c16-15(17,18)14-4-2-1-3-13(14)12-7-5-11(6-8-12)9-10-19/h1-8H,9-10,19H2. The summed E-state index contributed by atoms with van der Waals surface area (Å²) in [7, 11) is 0. The lowest BCUT2D eigenvalue weighted by atomic mass is 9.98. The molecule has 0 atom stereocenters. The van der Waals surface area contributed by atoms with E-state index in [4.69, 9.17) is 5.73 Å². The van der Waals surface area contributed by atoms with Crippen LogP contribution in [0.5, 0.6) is 0 Å². The highest BCUT2D eigenvalue weighted by atomic mass is 19.4. The molecular weight excluding hydrogens is 251 g/mol. The average Bonchev–Trinajstić information content (AvgIpc) is 2.39. The van der Waals surface area contributed by atoms with E-state index in [-0.39, 0.29) is 5.56 Å². The molecule has 1 nitrogen and oxygen atoms in total. The lowest BCUT2D eigenvalue weighted by molar-refractivity contribution is -0.137. The van der Waals surface area contributed by atoms with Gasteiger partial charge in [0.05, 0.1) is 5.56 Å². The van der Waals surface area contributed by atoms with Gasteiger partial charge in [-0.1, -0.05) is 42.5 Å². The van der Waals surface area contributed by atoms with Crippen LogP contribution in [0.1, 0.15) is 11.1 Å². The Kier molecular flexibility index (Phi) is 3.90. The van der Waals surface area contributed by atoms with Crippen LogP contribution in [0.3, 0.4) is 0 Å². The zero-order valence-corrected chi connectivity index (χ0v) is 10.2. The molecule has 2 aromatic carbocycles. The maximum Gasteiger partial charge on any atom is 0.417 e. The molecule has 0 fully saturated rings. The smallest absolute Gasteiger partial charge is 0.330 e. The van der Waals surface area contributed by atoms with Crippen LogP contribution in [0.4, 0.5) is 13.2 Å². The molecule has 0 aromatic heterocycles. The molecule has 2 N–H and O–H groups in total. The Morgan fingerprint density at radius 2 is 1.53 bits per heavy atom. The van der Waals surface area contributed by atoms with Crippen molar-refractivity contribution in [3.8, 4) is 11.1 Å². The molecule has 0 spiro atoms. The van der Waals surface area contributed by atoms with Crippen molar-refractivity contribution < 1.29 is 13.2 Å². The lowest BCUT2D eigenvalue weighted by Crippen LogP contribution is -2.07. The average molecular weight is 265 g/mol. The summed E-state index contributed by atoms with van der Waals surface area (Å²) in [6.45, 7) is 0.526. The zero-order valence-electron chi connectivity index (χ0n) is 10.2. The van der Waals surface area contributed by atoms with Crippen molar-refractivity contribution in [2.75, 3.05) is 6.54 Å². The Bertz CT molecular complexity index is 544. The van der Waals surface area contributed by atoms with Crippen LogP contribution in [0.25, 0.3) is 11.1 Å². The normalized spacial score (nSPS) is 11.6. The summed E-state index contributed by atoms with van der Waals surface area (Å²) in [4.78, 5) is 0. The monoisotopic (exact) mass is 265 g/mol. The topological polar surface area (TPSA) is 26.0 Å². The molecule has 4 heteroatoms. The second kappa shape index (κ2) is 5.45. The Morgan fingerprint density at radius 3 is 2.11 bits per heavy atom. The Morgan fingerprint density at radius 1 is 0.895 bits per heavy atom. The van der Waals surface area contributed by atoms with Gasteiger partial charge in [0, 0.05) is 0 Å². The van der Waals surface area contributed by atoms with E-state index >= 15 is 0 Å². The lowest BCUT2D eigenvalue weighted by Gasteiger charge is -2.13. The maximum absolute atomic E-state index is 12.9. The molecule has 0 heterocycles. The summed E-state index contributed by atoms with van der Waals surface area (Å²) in [5.74, 6) is 0. The molecule has 0 radical (unpaired) electrons. The van der Waals surface area contributed by atoms with Gasteiger partial charge in [-0.3, -0.25) is 0 Å². The molecule has 19 heavy (non-hydrogen) atoms. The Hall–Kier alpha value is -1.81. The molecule has 2 aromatic rings. The van der Waals surface area contributed by atoms with E-state index in [0.717, 1.165) is 18.1 Å². The van der Waals surface area contributed by atoms with Crippen LogP contribution in [0.2, 0.25) is 0 Å². The summed E-state index contributed by atoms with van der Waals surface area (Å²) in [5.41, 5.74) is 6.62. The van der Waals surface area contributed by atoms with E-state index in [0.29, 0.717) is 12.1 Å².